The van der Waals surface area contributed by atoms with Gasteiger partial charge in [0.2, 0.25) is 0 Å². The molecule has 3 radical (unpaired) electrons. The molecule has 0 bridgehead atoms. The molecule has 0 aromatic heterocycles. The lowest BCUT2D eigenvalue weighted by Crippen LogP contribution is -2.18. The molecule has 1 aliphatic rings. The fourth-order valence-corrected chi connectivity index (χ4v) is 1.37. The van der Waals surface area contributed by atoms with Crippen LogP contribution in [0.1, 0.15) is 6.42 Å². The molecule has 0 unspecified atom stereocenters. The number of hydrogen-bond acceptors (Lipinski definition) is 5. The van der Waals surface area contributed by atoms with Crippen molar-refractivity contribution in [3.8, 4) is 0 Å². The van der Waals surface area contributed by atoms with Crippen molar-refractivity contribution in [1.82, 2.24) is 10.2 Å². The lowest BCUT2D eigenvalue weighted by atomic mass is 10.4. The molecule has 0 aromatic rings. The minimum Gasteiger partial charge on any atom is -0.748 e. The molecule has 0 amide bonds. The predicted molar refractivity (Wildman–Crippen MR) is 41.9 cm³/mol. The van der Waals surface area contributed by atoms with Gasteiger partial charge in [0, 0.05) is 25.4 Å². The molecule has 1 saturated heterocycles. The highest BCUT2D eigenvalue weighted by atomic mass is 32.2. The second-order valence-electron chi connectivity index (χ2n) is 2.46. The topological polar surface area (TPSA) is 72.5 Å². The first-order valence-electron chi connectivity index (χ1n) is 3.53. The third-order valence-electron chi connectivity index (χ3n) is 1.41. The Kier molecular flexibility index (Phi) is 3.45. The van der Waals surface area contributed by atoms with Gasteiger partial charge in [-0.25, -0.2) is 8.42 Å². The average molecular weight is 190 g/mol. The molecule has 12 heavy (non-hydrogen) atoms. The monoisotopic (exact) mass is 190 g/mol. The fraction of sp³-hybridized carbons (Fsp3) is 0.500. The highest BCUT2D eigenvalue weighted by Gasteiger charge is 2.11. The summed E-state index contributed by atoms with van der Waals surface area (Å²) in [7, 11) is -4.05. The van der Waals surface area contributed by atoms with Gasteiger partial charge in [-0.1, -0.05) is 0 Å². The van der Waals surface area contributed by atoms with E-state index in [2.05, 4.69) is 5.32 Å². The standard InChI is InChI=1S/C6H11N2O3S/c9-12(10,11)5-1-3-8-4-2-7-6-8/h2,4,6-7H,1,3,5H2,(H,9,10,11)/p-1. The maximum absolute atomic E-state index is 10.2. The number of nitrogens with one attached hydrogen (secondary N) is 1. The van der Waals surface area contributed by atoms with Crippen molar-refractivity contribution in [2.45, 2.75) is 6.42 Å². The van der Waals surface area contributed by atoms with E-state index in [-0.39, 0.29) is 5.75 Å². The molecule has 1 N–H and O–H groups in total. The average Bonchev–Trinajstić information content (AvgIpc) is 2.36. The zero-order valence-electron chi connectivity index (χ0n) is 6.43. The zero-order valence-corrected chi connectivity index (χ0v) is 7.25. The number of rotatable bonds is 4. The van der Waals surface area contributed by atoms with Crippen molar-refractivity contribution in [3.05, 3.63) is 19.8 Å². The van der Waals surface area contributed by atoms with Crippen LogP contribution in [0.5, 0.6) is 0 Å². The summed E-state index contributed by atoms with van der Waals surface area (Å²) in [5, 5.41) is 2.81. The molecule has 0 spiro atoms. The van der Waals surface area contributed by atoms with E-state index >= 15 is 0 Å². The SMILES string of the molecule is O=S(=O)([O-])CCCN1[CH][CH]N[CH]1. The Morgan fingerprint density at radius 2 is 2.25 bits per heavy atom. The van der Waals surface area contributed by atoms with Crippen molar-refractivity contribution in [2.75, 3.05) is 12.3 Å². The van der Waals surface area contributed by atoms with Gasteiger partial charge in [-0.15, -0.1) is 0 Å². The summed E-state index contributed by atoms with van der Waals surface area (Å²) < 4.78 is 30.6. The Morgan fingerprint density at radius 1 is 1.50 bits per heavy atom. The lowest BCUT2D eigenvalue weighted by molar-refractivity contribution is 0.424. The highest BCUT2D eigenvalue weighted by molar-refractivity contribution is 7.85. The van der Waals surface area contributed by atoms with E-state index in [1.165, 1.54) is 0 Å². The van der Waals surface area contributed by atoms with Crippen LogP contribution in [0.4, 0.5) is 0 Å². The first-order chi connectivity index (χ1) is 5.58. The van der Waals surface area contributed by atoms with Gasteiger partial charge in [-0.05, 0) is 6.42 Å². The first kappa shape index (κ1) is 9.91. The smallest absolute Gasteiger partial charge is 0.0946 e. The largest absolute Gasteiger partial charge is 0.748 e. The summed E-state index contributed by atoms with van der Waals surface area (Å²) in [5.41, 5.74) is 0. The van der Waals surface area contributed by atoms with Crippen molar-refractivity contribution in [2.24, 2.45) is 0 Å². The molecule has 1 fully saturated rings. The summed E-state index contributed by atoms with van der Waals surface area (Å²) in [5.74, 6) is -0.300. The van der Waals surface area contributed by atoms with Crippen molar-refractivity contribution >= 4 is 10.1 Å². The van der Waals surface area contributed by atoms with Crippen molar-refractivity contribution in [3.63, 3.8) is 0 Å². The maximum Gasteiger partial charge on any atom is 0.0946 e. The van der Waals surface area contributed by atoms with Crippen LogP contribution < -0.4 is 5.32 Å². The molecule has 0 atom stereocenters. The van der Waals surface area contributed by atoms with Gasteiger partial charge < -0.3 is 4.55 Å². The molecule has 0 aromatic carbocycles. The quantitative estimate of drug-likeness (QED) is 0.592. The van der Waals surface area contributed by atoms with Crippen LogP contribution in [0.15, 0.2) is 0 Å². The Balaban J connectivity index is 2.09. The second-order valence-corrected chi connectivity index (χ2v) is 3.99. The summed E-state index contributed by atoms with van der Waals surface area (Å²) in [6.07, 6.45) is 0.356. The Bertz CT molecular complexity index is 221. The third-order valence-corrected chi connectivity index (χ3v) is 2.20. The van der Waals surface area contributed by atoms with Crippen LogP contribution in [0.25, 0.3) is 0 Å². The van der Waals surface area contributed by atoms with Crippen LogP contribution in [0.3, 0.4) is 0 Å². The van der Waals surface area contributed by atoms with E-state index in [9.17, 15) is 13.0 Å². The number of nitrogens with zero attached hydrogens (tertiary/aromatic N) is 1. The summed E-state index contributed by atoms with van der Waals surface area (Å²) in [6, 6.07) is 0. The summed E-state index contributed by atoms with van der Waals surface area (Å²) in [6.45, 7) is 5.76. The van der Waals surface area contributed by atoms with Crippen LogP contribution >= 0.6 is 0 Å². The molecule has 5 nitrogen and oxygen atoms in total. The molecule has 0 aliphatic carbocycles. The second kappa shape index (κ2) is 4.18. The van der Waals surface area contributed by atoms with Crippen LogP contribution in [0.2, 0.25) is 0 Å². The van der Waals surface area contributed by atoms with Gasteiger partial charge in [0.1, 0.15) is 0 Å². The van der Waals surface area contributed by atoms with Crippen LogP contribution in [-0.2, 0) is 10.1 Å². The fourth-order valence-electron chi connectivity index (χ4n) is 0.884. The molecule has 1 aliphatic heterocycles. The molecule has 0 saturated carbocycles. The Morgan fingerprint density at radius 3 is 2.75 bits per heavy atom. The Labute approximate surface area is 72.5 Å². The van der Waals surface area contributed by atoms with Gasteiger partial charge in [-0.3, -0.25) is 10.2 Å². The van der Waals surface area contributed by atoms with Gasteiger partial charge in [0.05, 0.1) is 16.8 Å². The van der Waals surface area contributed by atoms with E-state index in [4.69, 9.17) is 0 Å². The molecule has 1 heterocycles. The Hall–Kier alpha value is -0.170. The van der Waals surface area contributed by atoms with Crippen molar-refractivity contribution in [1.29, 1.82) is 0 Å². The van der Waals surface area contributed by atoms with Gasteiger partial charge in [0.25, 0.3) is 0 Å². The number of hydrogen-bond donors (Lipinski definition) is 1. The highest BCUT2D eigenvalue weighted by Crippen LogP contribution is 2.05. The van der Waals surface area contributed by atoms with Gasteiger partial charge >= 0.3 is 0 Å². The molecule has 1 rings (SSSR count). The third kappa shape index (κ3) is 4.01. The molecular formula is C6H10N2O3S-. The predicted octanol–water partition coefficient (Wildman–Crippen LogP) is -0.730. The first-order valence-corrected chi connectivity index (χ1v) is 5.11. The van der Waals surface area contributed by atoms with E-state index < -0.39 is 10.1 Å². The van der Waals surface area contributed by atoms with E-state index in [0.717, 1.165) is 0 Å². The van der Waals surface area contributed by atoms with Crippen LogP contribution in [-0.4, -0.2) is 30.2 Å². The normalized spacial score (nSPS) is 20.1. The van der Waals surface area contributed by atoms with Crippen LogP contribution in [0, 0.1) is 19.8 Å². The maximum atomic E-state index is 10.2. The van der Waals surface area contributed by atoms with Gasteiger partial charge in [0.15, 0.2) is 0 Å². The summed E-state index contributed by atoms with van der Waals surface area (Å²) in [4.78, 5) is 1.78. The van der Waals surface area contributed by atoms with E-state index in [1.807, 2.05) is 0 Å². The zero-order chi connectivity index (χ0) is 9.03. The van der Waals surface area contributed by atoms with Gasteiger partial charge in [-0.2, -0.15) is 0 Å². The molecule has 69 valence electrons. The molecule has 6 heteroatoms. The molecular weight excluding hydrogens is 180 g/mol. The van der Waals surface area contributed by atoms with Crippen molar-refractivity contribution < 1.29 is 13.0 Å². The minimum absolute atomic E-state index is 0.300. The summed E-state index contributed by atoms with van der Waals surface area (Å²) >= 11 is 0. The van der Waals surface area contributed by atoms with E-state index in [0.29, 0.717) is 13.0 Å². The van der Waals surface area contributed by atoms with E-state index in [1.54, 1.807) is 24.7 Å². The minimum atomic E-state index is -4.05. The lowest BCUT2D eigenvalue weighted by Gasteiger charge is -2.12.